The van der Waals surface area contributed by atoms with E-state index in [2.05, 4.69) is 37.4 Å². The minimum Gasteiger partial charge on any atom is -0.395 e. The predicted molar refractivity (Wildman–Crippen MR) is 60.2 cm³/mol. The zero-order chi connectivity index (χ0) is 10.4. The van der Waals surface area contributed by atoms with Crippen molar-refractivity contribution in [1.29, 1.82) is 0 Å². The van der Waals surface area contributed by atoms with Crippen molar-refractivity contribution >= 4 is 0 Å². The molecule has 1 atom stereocenters. The van der Waals surface area contributed by atoms with Gasteiger partial charge in [-0.15, -0.1) is 0 Å². The Morgan fingerprint density at radius 3 is 2.71 bits per heavy atom. The third-order valence-corrected chi connectivity index (χ3v) is 2.34. The number of hydrogen-bond donors (Lipinski definition) is 2. The second-order valence-electron chi connectivity index (χ2n) is 4.16. The summed E-state index contributed by atoms with van der Waals surface area (Å²) in [6, 6.07) is 0.629. The van der Waals surface area contributed by atoms with Gasteiger partial charge in [0.2, 0.25) is 0 Å². The van der Waals surface area contributed by atoms with Gasteiger partial charge in [-0.3, -0.25) is 0 Å². The fraction of sp³-hybridized carbons (Fsp3) is 0.667. The molecule has 2 heteroatoms. The van der Waals surface area contributed by atoms with E-state index in [1.807, 2.05) is 0 Å². The molecule has 0 aliphatic heterocycles. The number of hydrogen-bond acceptors (Lipinski definition) is 2. The lowest BCUT2D eigenvalue weighted by molar-refractivity contribution is 0.235. The average molecular weight is 195 g/mol. The Hall–Kier alpha value is -0.600. The maximum atomic E-state index is 9.19. The molecule has 0 fully saturated rings. The SMILES string of the molecule is CC(C)NC(CO)CC1=CCCC=C1. The molecule has 14 heavy (non-hydrogen) atoms. The van der Waals surface area contributed by atoms with E-state index < -0.39 is 0 Å². The van der Waals surface area contributed by atoms with E-state index in [-0.39, 0.29) is 12.6 Å². The summed E-state index contributed by atoms with van der Waals surface area (Å²) in [5.74, 6) is 0. The van der Waals surface area contributed by atoms with Crippen molar-refractivity contribution < 1.29 is 5.11 Å². The Kier molecular flexibility index (Phi) is 4.91. The number of rotatable bonds is 5. The largest absolute Gasteiger partial charge is 0.395 e. The van der Waals surface area contributed by atoms with E-state index in [1.165, 1.54) is 5.57 Å². The summed E-state index contributed by atoms with van der Waals surface area (Å²) < 4.78 is 0. The molecule has 0 aromatic rings. The third kappa shape index (κ3) is 4.07. The first kappa shape index (κ1) is 11.5. The Balaban J connectivity index is 2.39. The summed E-state index contributed by atoms with van der Waals surface area (Å²) in [5.41, 5.74) is 1.35. The van der Waals surface area contributed by atoms with Gasteiger partial charge >= 0.3 is 0 Å². The Labute approximate surface area is 86.7 Å². The number of allylic oxidation sites excluding steroid dienone is 3. The molecule has 1 aliphatic carbocycles. The molecule has 1 aliphatic rings. The summed E-state index contributed by atoms with van der Waals surface area (Å²) in [7, 11) is 0. The van der Waals surface area contributed by atoms with Crippen molar-refractivity contribution in [2.24, 2.45) is 0 Å². The molecule has 0 saturated heterocycles. The smallest absolute Gasteiger partial charge is 0.0587 e. The van der Waals surface area contributed by atoms with Crippen molar-refractivity contribution in [2.75, 3.05) is 6.61 Å². The fourth-order valence-corrected chi connectivity index (χ4v) is 1.75. The summed E-state index contributed by atoms with van der Waals surface area (Å²) in [6.45, 7) is 4.42. The zero-order valence-corrected chi connectivity index (χ0v) is 9.16. The van der Waals surface area contributed by atoms with Gasteiger partial charge in [-0.25, -0.2) is 0 Å². The topological polar surface area (TPSA) is 32.3 Å². The van der Waals surface area contributed by atoms with Crippen molar-refractivity contribution in [3.05, 3.63) is 23.8 Å². The third-order valence-electron chi connectivity index (χ3n) is 2.34. The molecular weight excluding hydrogens is 174 g/mol. The number of aliphatic hydroxyl groups excluding tert-OH is 1. The molecule has 2 N–H and O–H groups in total. The molecule has 1 unspecified atom stereocenters. The quantitative estimate of drug-likeness (QED) is 0.703. The van der Waals surface area contributed by atoms with Gasteiger partial charge in [0.15, 0.2) is 0 Å². The van der Waals surface area contributed by atoms with Gasteiger partial charge in [-0.05, 0) is 19.3 Å². The molecule has 0 heterocycles. The highest BCUT2D eigenvalue weighted by atomic mass is 16.3. The Bertz CT molecular complexity index is 218. The van der Waals surface area contributed by atoms with Crippen molar-refractivity contribution in [3.8, 4) is 0 Å². The van der Waals surface area contributed by atoms with Crippen LogP contribution < -0.4 is 5.32 Å². The molecule has 0 radical (unpaired) electrons. The first-order valence-corrected chi connectivity index (χ1v) is 5.45. The average Bonchev–Trinajstić information content (AvgIpc) is 2.17. The van der Waals surface area contributed by atoms with Crippen LogP contribution in [0.3, 0.4) is 0 Å². The van der Waals surface area contributed by atoms with Crippen LogP contribution in [0.25, 0.3) is 0 Å². The van der Waals surface area contributed by atoms with Crippen LogP contribution in [0.15, 0.2) is 23.8 Å². The lowest BCUT2D eigenvalue weighted by atomic mass is 10.00. The maximum Gasteiger partial charge on any atom is 0.0587 e. The van der Waals surface area contributed by atoms with E-state index in [0.717, 1.165) is 19.3 Å². The minimum atomic E-state index is 0.198. The highest BCUT2D eigenvalue weighted by Gasteiger charge is 2.10. The van der Waals surface area contributed by atoms with Crippen LogP contribution in [0.1, 0.15) is 33.1 Å². The molecular formula is C12H21NO. The molecule has 0 saturated carbocycles. The molecule has 1 rings (SSSR count). The van der Waals surface area contributed by atoms with E-state index in [1.54, 1.807) is 0 Å². The van der Waals surface area contributed by atoms with Gasteiger partial charge in [0, 0.05) is 12.1 Å². The van der Waals surface area contributed by atoms with Crippen LogP contribution in [-0.4, -0.2) is 23.8 Å². The zero-order valence-electron chi connectivity index (χ0n) is 9.16. The van der Waals surface area contributed by atoms with E-state index in [9.17, 15) is 5.11 Å². The van der Waals surface area contributed by atoms with E-state index >= 15 is 0 Å². The van der Waals surface area contributed by atoms with Gasteiger partial charge in [0.05, 0.1) is 6.61 Å². The molecule has 80 valence electrons. The summed E-state index contributed by atoms with van der Waals surface area (Å²) >= 11 is 0. The maximum absolute atomic E-state index is 9.19. The van der Waals surface area contributed by atoms with Gasteiger partial charge in [0.1, 0.15) is 0 Å². The van der Waals surface area contributed by atoms with Crippen LogP contribution in [0, 0.1) is 0 Å². The Morgan fingerprint density at radius 2 is 2.21 bits per heavy atom. The summed E-state index contributed by atoms with van der Waals surface area (Å²) in [6.07, 6.45) is 9.89. The fourth-order valence-electron chi connectivity index (χ4n) is 1.75. The number of aliphatic hydroxyl groups is 1. The second-order valence-corrected chi connectivity index (χ2v) is 4.16. The van der Waals surface area contributed by atoms with Crippen LogP contribution in [0.5, 0.6) is 0 Å². The molecule has 0 aromatic heterocycles. The van der Waals surface area contributed by atoms with Crippen molar-refractivity contribution in [1.82, 2.24) is 5.32 Å². The molecule has 0 spiro atoms. The highest BCUT2D eigenvalue weighted by molar-refractivity contribution is 5.23. The van der Waals surface area contributed by atoms with Crippen LogP contribution >= 0.6 is 0 Å². The molecule has 0 aromatic carbocycles. The van der Waals surface area contributed by atoms with E-state index in [4.69, 9.17) is 0 Å². The summed E-state index contributed by atoms with van der Waals surface area (Å²) in [4.78, 5) is 0. The van der Waals surface area contributed by atoms with Gasteiger partial charge in [0.25, 0.3) is 0 Å². The van der Waals surface area contributed by atoms with Crippen LogP contribution in [0.4, 0.5) is 0 Å². The van der Waals surface area contributed by atoms with Crippen molar-refractivity contribution in [2.45, 2.75) is 45.2 Å². The molecule has 0 bridgehead atoms. The first-order chi connectivity index (χ1) is 6.72. The molecule has 2 nitrogen and oxygen atoms in total. The highest BCUT2D eigenvalue weighted by Crippen LogP contribution is 2.14. The van der Waals surface area contributed by atoms with Gasteiger partial charge in [-0.2, -0.15) is 0 Å². The Morgan fingerprint density at radius 1 is 1.43 bits per heavy atom. The predicted octanol–water partition coefficient (Wildman–Crippen LogP) is 2.01. The lowest BCUT2D eigenvalue weighted by Gasteiger charge is -2.20. The van der Waals surface area contributed by atoms with Gasteiger partial charge < -0.3 is 10.4 Å². The van der Waals surface area contributed by atoms with Crippen LogP contribution in [0.2, 0.25) is 0 Å². The first-order valence-electron chi connectivity index (χ1n) is 5.45. The summed E-state index contributed by atoms with van der Waals surface area (Å²) in [5, 5.41) is 12.5. The van der Waals surface area contributed by atoms with Gasteiger partial charge in [-0.1, -0.05) is 37.6 Å². The number of nitrogens with one attached hydrogen (secondary N) is 1. The second kappa shape index (κ2) is 5.99. The van der Waals surface area contributed by atoms with Crippen molar-refractivity contribution in [3.63, 3.8) is 0 Å². The normalized spacial score (nSPS) is 18.4. The minimum absolute atomic E-state index is 0.198. The standard InChI is InChI=1S/C12H21NO/c1-10(2)13-12(9-14)8-11-6-4-3-5-7-11/h4,6-7,10,12-14H,3,5,8-9H2,1-2H3. The lowest BCUT2D eigenvalue weighted by Crippen LogP contribution is -2.37. The molecule has 0 amide bonds. The monoisotopic (exact) mass is 195 g/mol. The van der Waals surface area contributed by atoms with E-state index in [0.29, 0.717) is 6.04 Å². The van der Waals surface area contributed by atoms with Crippen LogP contribution in [-0.2, 0) is 0 Å².